The lowest BCUT2D eigenvalue weighted by atomic mass is 10.1. The third-order valence-electron chi connectivity index (χ3n) is 2.14. The van der Waals surface area contributed by atoms with E-state index in [1.807, 2.05) is 6.08 Å². The van der Waals surface area contributed by atoms with E-state index in [9.17, 15) is 14.9 Å². The molecule has 1 aromatic heterocycles. The summed E-state index contributed by atoms with van der Waals surface area (Å²) in [4.78, 5) is 23.6. The fourth-order valence-electron chi connectivity index (χ4n) is 1.30. The summed E-state index contributed by atoms with van der Waals surface area (Å²) in [5.74, 6) is 0.709. The van der Waals surface area contributed by atoms with Crippen LogP contribution in [0.3, 0.4) is 0 Å². The molecule has 16 heavy (non-hydrogen) atoms. The number of hydrogen-bond acceptors (Lipinski definition) is 4. The third-order valence-corrected chi connectivity index (χ3v) is 2.40. The van der Waals surface area contributed by atoms with Crippen molar-refractivity contribution in [2.75, 3.05) is 5.75 Å². The molecule has 1 N–H and O–H groups in total. The molecule has 0 fully saturated rings. The number of H-pyrrole nitrogens is 1. The van der Waals surface area contributed by atoms with Crippen molar-refractivity contribution in [3.8, 4) is 0 Å². The van der Waals surface area contributed by atoms with Crippen LogP contribution in [-0.4, -0.2) is 15.7 Å². The van der Waals surface area contributed by atoms with E-state index in [4.69, 9.17) is 0 Å². The molecule has 0 aliphatic heterocycles. The zero-order valence-electron chi connectivity index (χ0n) is 8.77. The Bertz CT molecular complexity index is 479. The lowest BCUT2D eigenvalue weighted by Crippen LogP contribution is -2.13. The molecule has 0 spiro atoms. The number of allylic oxidation sites excluding steroid dienone is 1. The second-order valence-electron chi connectivity index (χ2n) is 3.22. The Morgan fingerprint density at radius 2 is 2.31 bits per heavy atom. The molecule has 6 heteroatoms. The summed E-state index contributed by atoms with van der Waals surface area (Å²) < 4.78 is 0. The Labute approximate surface area is 97.8 Å². The Balaban J connectivity index is 3.19. The van der Waals surface area contributed by atoms with Crippen molar-refractivity contribution in [1.82, 2.24) is 4.98 Å². The van der Waals surface area contributed by atoms with Crippen LogP contribution in [0.25, 0.3) is 6.08 Å². The first-order valence-electron chi connectivity index (χ1n) is 4.72. The first-order valence-corrected chi connectivity index (χ1v) is 5.35. The number of nitro groups is 1. The Hall–Kier alpha value is -1.56. The molecule has 0 aliphatic rings. The third kappa shape index (κ3) is 2.73. The van der Waals surface area contributed by atoms with E-state index < -0.39 is 16.2 Å². The maximum Gasteiger partial charge on any atom is 0.337 e. The Morgan fingerprint density at radius 3 is 2.88 bits per heavy atom. The van der Waals surface area contributed by atoms with E-state index in [1.54, 1.807) is 13.0 Å². The number of hydrogen-bond donors (Lipinski definition) is 2. The molecule has 1 heterocycles. The van der Waals surface area contributed by atoms with Crippen molar-refractivity contribution in [2.45, 2.75) is 13.3 Å². The van der Waals surface area contributed by atoms with Crippen LogP contribution in [0.1, 0.15) is 17.5 Å². The SMILES string of the molecule is Cc1c(C=CCCS)c[nH]c(=O)c1[N+](=O)[O-]. The fraction of sp³-hybridized carbons (Fsp3) is 0.300. The Morgan fingerprint density at radius 1 is 1.62 bits per heavy atom. The summed E-state index contributed by atoms with van der Waals surface area (Å²) in [6.45, 7) is 1.56. The van der Waals surface area contributed by atoms with Gasteiger partial charge in [-0.3, -0.25) is 14.9 Å². The highest BCUT2D eigenvalue weighted by Gasteiger charge is 2.17. The molecule has 0 amide bonds. The lowest BCUT2D eigenvalue weighted by Gasteiger charge is -2.00. The maximum atomic E-state index is 11.2. The van der Waals surface area contributed by atoms with E-state index in [-0.39, 0.29) is 0 Å². The van der Waals surface area contributed by atoms with Crippen molar-refractivity contribution in [3.63, 3.8) is 0 Å². The molecule has 5 nitrogen and oxygen atoms in total. The van der Waals surface area contributed by atoms with Crippen LogP contribution < -0.4 is 5.56 Å². The van der Waals surface area contributed by atoms with Gasteiger partial charge in [0.2, 0.25) is 0 Å². The molecule has 0 bridgehead atoms. The zero-order chi connectivity index (χ0) is 12.1. The fourth-order valence-corrected chi connectivity index (χ4v) is 1.45. The number of nitrogens with one attached hydrogen (secondary N) is 1. The van der Waals surface area contributed by atoms with Crippen LogP contribution >= 0.6 is 12.6 Å². The molecular formula is C10H12N2O3S. The molecule has 0 saturated carbocycles. The highest BCUT2D eigenvalue weighted by atomic mass is 32.1. The van der Waals surface area contributed by atoms with Crippen LogP contribution in [0, 0.1) is 17.0 Å². The molecule has 0 unspecified atom stereocenters. The number of thiol groups is 1. The number of pyridine rings is 1. The van der Waals surface area contributed by atoms with Gasteiger partial charge in [-0.05, 0) is 19.1 Å². The molecule has 0 saturated heterocycles. The topological polar surface area (TPSA) is 76.0 Å². The van der Waals surface area contributed by atoms with E-state index >= 15 is 0 Å². The summed E-state index contributed by atoms with van der Waals surface area (Å²) in [5.41, 5.74) is -0.0425. The first-order chi connectivity index (χ1) is 7.57. The van der Waals surface area contributed by atoms with E-state index in [0.717, 1.165) is 6.42 Å². The summed E-state index contributed by atoms with van der Waals surface area (Å²) in [5, 5.41) is 10.7. The number of nitrogens with zero attached hydrogens (tertiary/aromatic N) is 1. The lowest BCUT2D eigenvalue weighted by molar-refractivity contribution is -0.386. The minimum atomic E-state index is -0.672. The largest absolute Gasteiger partial charge is 0.337 e. The van der Waals surface area contributed by atoms with E-state index in [2.05, 4.69) is 17.6 Å². The molecule has 1 aromatic rings. The summed E-state index contributed by atoms with van der Waals surface area (Å²) in [6.07, 6.45) is 5.85. The van der Waals surface area contributed by atoms with Gasteiger partial charge in [-0.1, -0.05) is 12.2 Å². The normalized spacial score (nSPS) is 10.9. The highest BCUT2D eigenvalue weighted by Crippen LogP contribution is 2.16. The highest BCUT2D eigenvalue weighted by molar-refractivity contribution is 7.80. The van der Waals surface area contributed by atoms with Gasteiger partial charge in [-0.15, -0.1) is 0 Å². The average Bonchev–Trinajstić information content (AvgIpc) is 2.21. The van der Waals surface area contributed by atoms with Gasteiger partial charge < -0.3 is 4.98 Å². The van der Waals surface area contributed by atoms with Gasteiger partial charge in [0.05, 0.1) is 4.92 Å². The molecule has 0 aromatic carbocycles. The molecular weight excluding hydrogens is 228 g/mol. The number of rotatable bonds is 4. The van der Waals surface area contributed by atoms with E-state index in [1.165, 1.54) is 6.20 Å². The van der Waals surface area contributed by atoms with Gasteiger partial charge in [0.15, 0.2) is 0 Å². The second-order valence-corrected chi connectivity index (χ2v) is 3.67. The summed E-state index contributed by atoms with van der Waals surface area (Å²) in [7, 11) is 0. The first kappa shape index (κ1) is 12.5. The Kier molecular flexibility index (Phi) is 4.30. The van der Waals surface area contributed by atoms with Crippen LogP contribution in [0.5, 0.6) is 0 Å². The van der Waals surface area contributed by atoms with Crippen molar-refractivity contribution in [2.24, 2.45) is 0 Å². The van der Waals surface area contributed by atoms with Gasteiger partial charge in [-0.2, -0.15) is 12.6 Å². The maximum absolute atomic E-state index is 11.2. The quantitative estimate of drug-likeness (QED) is 0.479. The van der Waals surface area contributed by atoms with E-state index in [0.29, 0.717) is 16.9 Å². The minimum Gasteiger partial charge on any atom is -0.323 e. The molecule has 0 aliphatic carbocycles. The standard InChI is InChI=1S/C10H12N2O3S/c1-7-8(4-2-3-5-16)6-11-10(13)9(7)12(14)15/h2,4,6,16H,3,5H2,1H3,(H,11,13). The predicted octanol–water partition coefficient (Wildman–Crippen LogP) is 1.92. The smallest absolute Gasteiger partial charge is 0.323 e. The van der Waals surface area contributed by atoms with Crippen molar-refractivity contribution >= 4 is 24.4 Å². The van der Waals surface area contributed by atoms with Gasteiger partial charge in [0, 0.05) is 17.3 Å². The number of aromatic amines is 1. The van der Waals surface area contributed by atoms with Crippen molar-refractivity contribution in [1.29, 1.82) is 0 Å². The molecule has 0 atom stereocenters. The molecule has 0 radical (unpaired) electrons. The van der Waals surface area contributed by atoms with Crippen LogP contribution in [0.4, 0.5) is 5.69 Å². The van der Waals surface area contributed by atoms with Crippen LogP contribution in [0.2, 0.25) is 0 Å². The molecule has 1 rings (SSSR count). The monoisotopic (exact) mass is 240 g/mol. The summed E-state index contributed by atoms with van der Waals surface area (Å²) >= 11 is 4.04. The minimum absolute atomic E-state index is 0.379. The predicted molar refractivity (Wildman–Crippen MR) is 66.0 cm³/mol. The second kappa shape index (κ2) is 5.50. The van der Waals surface area contributed by atoms with Crippen LogP contribution in [-0.2, 0) is 0 Å². The van der Waals surface area contributed by atoms with Gasteiger partial charge in [-0.25, -0.2) is 0 Å². The zero-order valence-corrected chi connectivity index (χ0v) is 9.66. The number of aromatic nitrogens is 1. The van der Waals surface area contributed by atoms with Crippen LogP contribution in [0.15, 0.2) is 17.1 Å². The van der Waals surface area contributed by atoms with Gasteiger partial charge >= 0.3 is 11.2 Å². The summed E-state index contributed by atoms with van der Waals surface area (Å²) in [6, 6.07) is 0. The van der Waals surface area contributed by atoms with Crippen molar-refractivity contribution < 1.29 is 4.92 Å². The van der Waals surface area contributed by atoms with Gasteiger partial charge in [0.1, 0.15) is 0 Å². The van der Waals surface area contributed by atoms with Crippen molar-refractivity contribution in [3.05, 3.63) is 43.9 Å². The molecule has 86 valence electrons. The average molecular weight is 240 g/mol. The van der Waals surface area contributed by atoms with Gasteiger partial charge in [0.25, 0.3) is 0 Å².